The molecule has 0 aromatic rings. The van der Waals surface area contributed by atoms with Gasteiger partial charge in [-0.3, -0.25) is 0 Å². The molecule has 0 rings (SSSR count). The van der Waals surface area contributed by atoms with Crippen molar-refractivity contribution in [2.45, 2.75) is 0 Å². The van der Waals surface area contributed by atoms with E-state index in [9.17, 15) is 0 Å². The van der Waals surface area contributed by atoms with Gasteiger partial charge in [0.1, 0.15) is 0 Å². The maximum Gasteiger partial charge on any atom is 0.0701 e. The zero-order valence-corrected chi connectivity index (χ0v) is 13.8. The fourth-order valence-corrected chi connectivity index (χ4v) is 1.34. The Bertz CT molecular complexity index is 173. The summed E-state index contributed by atoms with van der Waals surface area (Å²) in [7, 11) is 1.65. The highest BCUT2D eigenvalue weighted by molar-refractivity contribution is 4.37. The van der Waals surface area contributed by atoms with Crippen molar-refractivity contribution in [2.75, 3.05) is 93.0 Å². The van der Waals surface area contributed by atoms with Gasteiger partial charge in [0.15, 0.2) is 0 Å². The molecule has 0 aliphatic heterocycles. The smallest absolute Gasteiger partial charge is 0.0701 e. The molecule has 0 unspecified atom stereocenters. The molecule has 0 aromatic heterocycles. The molecule has 0 saturated carbocycles. The summed E-state index contributed by atoms with van der Waals surface area (Å²) < 4.78 is 36.5. The lowest BCUT2D eigenvalue weighted by Gasteiger charge is -2.08. The van der Waals surface area contributed by atoms with Crippen LogP contribution in [-0.2, 0) is 33.2 Å². The maximum absolute atomic E-state index is 5.36. The fraction of sp³-hybridized carbons (Fsp3) is 0.933. The van der Waals surface area contributed by atoms with Crippen LogP contribution in [0.1, 0.15) is 0 Å². The van der Waals surface area contributed by atoms with Crippen molar-refractivity contribution >= 4 is 0 Å². The van der Waals surface area contributed by atoms with Gasteiger partial charge in [0.05, 0.1) is 79.3 Å². The molecule has 22 heavy (non-hydrogen) atoms. The van der Waals surface area contributed by atoms with Gasteiger partial charge in [0.2, 0.25) is 0 Å². The average molecular weight is 323 g/mol. The van der Waals surface area contributed by atoms with Gasteiger partial charge in [-0.2, -0.15) is 0 Å². The van der Waals surface area contributed by atoms with Crippen LogP contribution in [0.4, 0.5) is 0 Å². The highest BCUT2D eigenvalue weighted by Crippen LogP contribution is 1.84. The second-order valence-electron chi connectivity index (χ2n) is 4.17. The molecule has 0 aliphatic carbocycles. The molecular weight excluding hydrogens is 292 g/mol. The Morgan fingerprint density at radius 2 is 0.727 bits per heavy atom. The lowest BCUT2D eigenvalue weighted by atomic mass is 10.7. The molecule has 133 valence electrons. The van der Waals surface area contributed by atoms with E-state index >= 15 is 0 Å². The van der Waals surface area contributed by atoms with E-state index in [1.165, 1.54) is 0 Å². The third-order valence-electron chi connectivity index (χ3n) is 2.44. The average Bonchev–Trinajstić information content (AvgIpc) is 2.54. The largest absolute Gasteiger partial charge is 0.382 e. The van der Waals surface area contributed by atoms with E-state index in [0.717, 1.165) is 0 Å². The molecule has 0 heterocycles. The van der Waals surface area contributed by atoms with Gasteiger partial charge in [0, 0.05) is 13.7 Å². The lowest BCUT2D eigenvalue weighted by molar-refractivity contribution is -0.0183. The first-order chi connectivity index (χ1) is 10.9. The van der Waals surface area contributed by atoms with Gasteiger partial charge in [-0.05, 0) is 6.92 Å². The minimum Gasteiger partial charge on any atom is -0.382 e. The first-order valence-electron chi connectivity index (χ1n) is 7.66. The summed E-state index contributed by atoms with van der Waals surface area (Å²) in [5, 5.41) is 0. The summed E-state index contributed by atoms with van der Waals surface area (Å²) in [6.07, 6.45) is 0. The molecule has 0 saturated heterocycles. The molecule has 0 amide bonds. The van der Waals surface area contributed by atoms with Crippen LogP contribution in [0.2, 0.25) is 0 Å². The van der Waals surface area contributed by atoms with Crippen LogP contribution in [0.3, 0.4) is 0 Å². The monoisotopic (exact) mass is 323 g/mol. The molecule has 1 radical (unpaired) electrons. The predicted molar refractivity (Wildman–Crippen MR) is 82.1 cm³/mol. The van der Waals surface area contributed by atoms with E-state index in [1.54, 1.807) is 7.11 Å². The maximum atomic E-state index is 5.36. The quantitative estimate of drug-likeness (QED) is 0.322. The summed E-state index contributed by atoms with van der Waals surface area (Å²) in [5.74, 6) is 0. The second-order valence-corrected chi connectivity index (χ2v) is 4.17. The van der Waals surface area contributed by atoms with Crippen LogP contribution in [0.5, 0.6) is 0 Å². The van der Waals surface area contributed by atoms with E-state index in [2.05, 4.69) is 6.92 Å². The Hall–Kier alpha value is -0.280. The molecule has 0 fully saturated rings. The normalized spacial score (nSPS) is 11.2. The van der Waals surface area contributed by atoms with Crippen molar-refractivity contribution in [3.05, 3.63) is 6.92 Å². The molecule has 0 aromatic carbocycles. The first kappa shape index (κ1) is 21.7. The minimum atomic E-state index is 0.474. The zero-order valence-electron chi connectivity index (χ0n) is 13.8. The third kappa shape index (κ3) is 19.7. The van der Waals surface area contributed by atoms with Crippen molar-refractivity contribution in [2.24, 2.45) is 0 Å². The molecule has 0 aliphatic rings. The molecule has 0 N–H and O–H groups in total. The number of methoxy groups -OCH3 is 1. The Labute approximate surface area is 134 Å². The summed E-state index contributed by atoms with van der Waals surface area (Å²) in [6, 6.07) is 0. The highest BCUT2D eigenvalue weighted by atomic mass is 16.6. The van der Waals surface area contributed by atoms with Crippen LogP contribution in [0, 0.1) is 6.92 Å². The lowest BCUT2D eigenvalue weighted by Crippen LogP contribution is -2.14. The van der Waals surface area contributed by atoms with E-state index in [4.69, 9.17) is 33.2 Å². The molecule has 7 heteroatoms. The van der Waals surface area contributed by atoms with Crippen molar-refractivity contribution in [3.63, 3.8) is 0 Å². The third-order valence-corrected chi connectivity index (χ3v) is 2.44. The summed E-state index contributed by atoms with van der Waals surface area (Å²) in [6.45, 7) is 10.9. The van der Waals surface area contributed by atoms with Gasteiger partial charge in [-0.15, -0.1) is 0 Å². The molecule has 0 atom stereocenters. The standard InChI is InChI=1S/C15H31O7/c1-3-17-6-7-19-10-11-21-14-15-22-13-12-20-9-8-18-5-4-16-2/h1,3-15H2,2H3. The van der Waals surface area contributed by atoms with Gasteiger partial charge >= 0.3 is 0 Å². The first-order valence-corrected chi connectivity index (χ1v) is 7.66. The fourth-order valence-electron chi connectivity index (χ4n) is 1.34. The van der Waals surface area contributed by atoms with E-state index in [-0.39, 0.29) is 0 Å². The second kappa shape index (κ2) is 20.7. The summed E-state index contributed by atoms with van der Waals surface area (Å²) in [4.78, 5) is 0. The highest BCUT2D eigenvalue weighted by Gasteiger charge is 1.93. The summed E-state index contributed by atoms with van der Waals surface area (Å²) >= 11 is 0. The molecular formula is C15H31O7. The van der Waals surface area contributed by atoms with Gasteiger partial charge in [-0.25, -0.2) is 0 Å². The van der Waals surface area contributed by atoms with Gasteiger partial charge in [0.25, 0.3) is 0 Å². The van der Waals surface area contributed by atoms with Gasteiger partial charge < -0.3 is 33.2 Å². The van der Waals surface area contributed by atoms with Gasteiger partial charge in [-0.1, -0.05) is 0 Å². The SMILES string of the molecule is [CH2]COCCOCCOCCOCCOCCOCCOC. The Balaban J connectivity index is 2.91. The van der Waals surface area contributed by atoms with Crippen molar-refractivity contribution in [1.29, 1.82) is 0 Å². The Morgan fingerprint density at radius 3 is 1.00 bits per heavy atom. The zero-order chi connectivity index (χ0) is 16.1. The van der Waals surface area contributed by atoms with Crippen LogP contribution in [-0.4, -0.2) is 93.0 Å². The molecule has 0 spiro atoms. The van der Waals surface area contributed by atoms with Crippen LogP contribution in [0.25, 0.3) is 0 Å². The Morgan fingerprint density at radius 1 is 0.455 bits per heavy atom. The minimum absolute atomic E-state index is 0.474. The van der Waals surface area contributed by atoms with Crippen LogP contribution in [0.15, 0.2) is 0 Å². The van der Waals surface area contributed by atoms with Crippen molar-refractivity contribution < 1.29 is 33.2 Å². The topological polar surface area (TPSA) is 64.6 Å². The van der Waals surface area contributed by atoms with E-state index < -0.39 is 0 Å². The van der Waals surface area contributed by atoms with E-state index in [0.29, 0.717) is 85.9 Å². The van der Waals surface area contributed by atoms with Crippen LogP contribution < -0.4 is 0 Å². The molecule has 0 bridgehead atoms. The molecule has 7 nitrogen and oxygen atoms in total. The number of rotatable bonds is 19. The summed E-state index contributed by atoms with van der Waals surface area (Å²) in [5.41, 5.74) is 0. The number of hydrogen-bond acceptors (Lipinski definition) is 7. The van der Waals surface area contributed by atoms with Crippen LogP contribution >= 0.6 is 0 Å². The van der Waals surface area contributed by atoms with Crippen molar-refractivity contribution in [1.82, 2.24) is 0 Å². The predicted octanol–water partition coefficient (Wildman–Crippen LogP) is 0.566. The van der Waals surface area contributed by atoms with E-state index in [1.807, 2.05) is 0 Å². The van der Waals surface area contributed by atoms with Crippen molar-refractivity contribution in [3.8, 4) is 0 Å². The number of hydrogen-bond donors (Lipinski definition) is 0. The number of ether oxygens (including phenoxy) is 7. The Kier molecular flexibility index (Phi) is 20.5.